The maximum atomic E-state index is 12.0. The second-order valence-electron chi connectivity index (χ2n) is 6.39. The number of hydrogen-bond donors (Lipinski definition) is 1. The molecule has 0 saturated carbocycles. The Morgan fingerprint density at radius 3 is 2.80 bits per heavy atom. The highest BCUT2D eigenvalue weighted by molar-refractivity contribution is 7.13. The maximum absolute atomic E-state index is 12.0. The van der Waals surface area contributed by atoms with Crippen LogP contribution in [0.4, 0.5) is 5.13 Å². The smallest absolute Gasteiger partial charge is 0.264 e. The lowest BCUT2D eigenvalue weighted by molar-refractivity contribution is -0.118. The summed E-state index contributed by atoms with van der Waals surface area (Å²) in [6.07, 6.45) is 2.49. The van der Waals surface area contributed by atoms with Gasteiger partial charge in [-0.15, -0.1) is 11.3 Å². The molecule has 5 nitrogen and oxygen atoms in total. The fraction of sp³-hybridized carbons (Fsp3) is 0.444. The zero-order valence-electron chi connectivity index (χ0n) is 14.2. The number of benzene rings is 1. The van der Waals surface area contributed by atoms with Crippen molar-refractivity contribution in [2.24, 2.45) is 5.92 Å². The summed E-state index contributed by atoms with van der Waals surface area (Å²) in [6, 6.07) is 6.92. The van der Waals surface area contributed by atoms with Gasteiger partial charge < -0.3 is 4.74 Å². The second-order valence-corrected chi connectivity index (χ2v) is 7.69. The van der Waals surface area contributed by atoms with Crippen molar-refractivity contribution in [1.82, 2.24) is 9.88 Å². The fourth-order valence-corrected chi connectivity index (χ4v) is 3.56. The second kappa shape index (κ2) is 8.65. The minimum atomic E-state index is -0.220. The molecule has 0 atom stereocenters. The highest BCUT2D eigenvalue weighted by atomic mass is 35.5. The molecule has 3 rings (SSSR count). The van der Waals surface area contributed by atoms with E-state index >= 15 is 0 Å². The number of carbonyl (C=O) groups is 1. The number of rotatable bonds is 6. The first kappa shape index (κ1) is 18.2. The Labute approximate surface area is 157 Å². The van der Waals surface area contributed by atoms with Crippen LogP contribution in [0, 0.1) is 5.92 Å². The number of aromatic nitrogens is 1. The number of amides is 1. The van der Waals surface area contributed by atoms with E-state index in [-0.39, 0.29) is 12.5 Å². The van der Waals surface area contributed by atoms with Gasteiger partial charge in [-0.2, -0.15) is 0 Å². The van der Waals surface area contributed by atoms with Gasteiger partial charge in [-0.05, 0) is 56.1 Å². The van der Waals surface area contributed by atoms with Crippen molar-refractivity contribution in [3.63, 3.8) is 0 Å². The predicted molar refractivity (Wildman–Crippen MR) is 101 cm³/mol. The number of hydrogen-bond acceptors (Lipinski definition) is 5. The van der Waals surface area contributed by atoms with Gasteiger partial charge in [0, 0.05) is 16.9 Å². The van der Waals surface area contributed by atoms with Gasteiger partial charge in [-0.3, -0.25) is 15.0 Å². The highest BCUT2D eigenvalue weighted by Gasteiger charge is 2.17. The van der Waals surface area contributed by atoms with Crippen molar-refractivity contribution < 1.29 is 9.53 Å². The maximum Gasteiger partial charge on any atom is 0.264 e. The van der Waals surface area contributed by atoms with Gasteiger partial charge in [0.25, 0.3) is 5.91 Å². The molecule has 1 aromatic carbocycles. The Balaban J connectivity index is 1.44. The van der Waals surface area contributed by atoms with Gasteiger partial charge >= 0.3 is 0 Å². The summed E-state index contributed by atoms with van der Waals surface area (Å²) < 4.78 is 5.43. The first-order valence-corrected chi connectivity index (χ1v) is 9.69. The largest absolute Gasteiger partial charge is 0.484 e. The van der Waals surface area contributed by atoms with Gasteiger partial charge in [0.1, 0.15) is 5.75 Å². The van der Waals surface area contributed by atoms with Gasteiger partial charge in [-0.1, -0.05) is 18.5 Å². The predicted octanol–water partition coefficient (Wildman–Crippen LogP) is 4.05. The fourth-order valence-electron chi connectivity index (χ4n) is 2.72. The zero-order valence-corrected chi connectivity index (χ0v) is 15.8. The van der Waals surface area contributed by atoms with E-state index in [0.29, 0.717) is 15.9 Å². The third-order valence-electron chi connectivity index (χ3n) is 4.24. The number of likely N-dealkylation sites (tertiary alicyclic amines) is 1. The van der Waals surface area contributed by atoms with E-state index in [1.165, 1.54) is 24.2 Å². The molecule has 1 aliphatic heterocycles. The molecule has 0 bridgehead atoms. The van der Waals surface area contributed by atoms with Crippen molar-refractivity contribution in [2.75, 3.05) is 25.0 Å². The van der Waals surface area contributed by atoms with E-state index in [9.17, 15) is 4.79 Å². The van der Waals surface area contributed by atoms with Crippen LogP contribution < -0.4 is 10.1 Å². The number of halogens is 1. The standard InChI is InChI=1S/C18H22ClN3O2S/c1-13-6-8-22(9-7-13)10-15-12-25-18(20-15)21-17(23)11-24-16-4-2-14(19)3-5-16/h2-5,12-13H,6-11H2,1H3,(H,20,21,23). The van der Waals surface area contributed by atoms with Gasteiger partial charge in [0.2, 0.25) is 0 Å². The lowest BCUT2D eigenvalue weighted by Gasteiger charge is -2.29. The quantitative estimate of drug-likeness (QED) is 0.822. The molecular weight excluding hydrogens is 358 g/mol. The van der Waals surface area contributed by atoms with E-state index in [1.807, 2.05) is 5.38 Å². The molecule has 2 aromatic rings. The lowest BCUT2D eigenvalue weighted by atomic mass is 9.99. The van der Waals surface area contributed by atoms with E-state index in [4.69, 9.17) is 16.3 Å². The summed E-state index contributed by atoms with van der Waals surface area (Å²) in [5.41, 5.74) is 1.01. The van der Waals surface area contributed by atoms with Crippen LogP contribution in [-0.4, -0.2) is 35.5 Å². The Morgan fingerprint density at radius 2 is 2.08 bits per heavy atom. The number of nitrogens with zero attached hydrogens (tertiary/aromatic N) is 2. The molecule has 1 fully saturated rings. The van der Waals surface area contributed by atoms with Crippen LogP contribution in [-0.2, 0) is 11.3 Å². The number of ether oxygens (including phenoxy) is 1. The van der Waals surface area contributed by atoms with Crippen molar-refractivity contribution in [2.45, 2.75) is 26.3 Å². The minimum absolute atomic E-state index is 0.0550. The molecule has 1 aliphatic rings. The van der Waals surface area contributed by atoms with Crippen LogP contribution in [0.25, 0.3) is 0 Å². The third-order valence-corrected chi connectivity index (χ3v) is 5.30. The number of nitrogens with one attached hydrogen (secondary N) is 1. The monoisotopic (exact) mass is 379 g/mol. The average molecular weight is 380 g/mol. The Kier molecular flexibility index (Phi) is 6.29. The van der Waals surface area contributed by atoms with Gasteiger partial charge in [0.05, 0.1) is 5.69 Å². The third kappa shape index (κ3) is 5.70. The normalized spacial score (nSPS) is 15.9. The summed E-state index contributed by atoms with van der Waals surface area (Å²) in [7, 11) is 0. The minimum Gasteiger partial charge on any atom is -0.484 e. The van der Waals surface area contributed by atoms with Crippen LogP contribution in [0.1, 0.15) is 25.5 Å². The van der Waals surface area contributed by atoms with Crippen LogP contribution in [0.2, 0.25) is 5.02 Å². The van der Waals surface area contributed by atoms with Crippen LogP contribution in [0.5, 0.6) is 5.75 Å². The highest BCUT2D eigenvalue weighted by Crippen LogP contribution is 2.21. The summed E-state index contributed by atoms with van der Waals surface area (Å²) in [5, 5.41) is 6.05. The zero-order chi connectivity index (χ0) is 17.6. The number of carbonyl (C=O) groups excluding carboxylic acids is 1. The summed E-state index contributed by atoms with van der Waals surface area (Å²) in [5.74, 6) is 1.21. The topological polar surface area (TPSA) is 54.5 Å². The summed E-state index contributed by atoms with van der Waals surface area (Å²) in [4.78, 5) is 18.9. The Morgan fingerprint density at radius 1 is 1.36 bits per heavy atom. The Hall–Kier alpha value is -1.63. The van der Waals surface area contributed by atoms with Crippen molar-refractivity contribution in [3.8, 4) is 5.75 Å². The van der Waals surface area contributed by atoms with Gasteiger partial charge in [-0.25, -0.2) is 4.98 Å². The molecule has 134 valence electrons. The first-order chi connectivity index (χ1) is 12.1. The lowest BCUT2D eigenvalue weighted by Crippen LogP contribution is -2.32. The molecule has 1 saturated heterocycles. The van der Waals surface area contributed by atoms with Crippen molar-refractivity contribution in [3.05, 3.63) is 40.4 Å². The van der Waals surface area contributed by atoms with Crippen LogP contribution in [0.15, 0.2) is 29.6 Å². The molecular formula is C18H22ClN3O2S. The molecule has 0 radical (unpaired) electrons. The molecule has 1 amide bonds. The molecule has 1 N–H and O–H groups in total. The van der Waals surface area contributed by atoms with Gasteiger partial charge in [0.15, 0.2) is 11.7 Å². The molecule has 0 aliphatic carbocycles. The number of anilines is 1. The van der Waals surface area contributed by atoms with Crippen LogP contribution >= 0.6 is 22.9 Å². The summed E-state index contributed by atoms with van der Waals surface area (Å²) >= 11 is 7.26. The SMILES string of the molecule is CC1CCN(Cc2csc(NC(=O)COc3ccc(Cl)cc3)n2)CC1. The van der Waals surface area contributed by atoms with Crippen LogP contribution in [0.3, 0.4) is 0 Å². The molecule has 1 aromatic heterocycles. The molecule has 2 heterocycles. The number of thiazole rings is 1. The Bertz CT molecular complexity index is 697. The van der Waals surface area contributed by atoms with E-state index in [2.05, 4.69) is 22.1 Å². The summed E-state index contributed by atoms with van der Waals surface area (Å²) in [6.45, 7) is 5.34. The number of piperidine rings is 1. The molecule has 0 unspecified atom stereocenters. The van der Waals surface area contributed by atoms with E-state index in [0.717, 1.165) is 31.2 Å². The molecule has 25 heavy (non-hydrogen) atoms. The van der Waals surface area contributed by atoms with Crippen molar-refractivity contribution >= 4 is 34.0 Å². The van der Waals surface area contributed by atoms with E-state index in [1.54, 1.807) is 24.3 Å². The molecule has 7 heteroatoms. The first-order valence-electron chi connectivity index (χ1n) is 8.43. The van der Waals surface area contributed by atoms with E-state index < -0.39 is 0 Å². The van der Waals surface area contributed by atoms with Crippen molar-refractivity contribution in [1.29, 1.82) is 0 Å². The molecule has 0 spiro atoms. The average Bonchev–Trinajstić information content (AvgIpc) is 3.03.